The van der Waals surface area contributed by atoms with Crippen molar-refractivity contribution in [3.8, 4) is 10.6 Å². The van der Waals surface area contributed by atoms with Gasteiger partial charge in [0.2, 0.25) is 0 Å². The minimum atomic E-state index is -0.395. The highest BCUT2D eigenvalue weighted by Gasteiger charge is 2.52. The Kier molecular flexibility index (Phi) is 4.18. The van der Waals surface area contributed by atoms with E-state index in [0.717, 1.165) is 16.2 Å². The zero-order valence-electron chi connectivity index (χ0n) is 15.6. The van der Waals surface area contributed by atoms with Crippen LogP contribution >= 0.6 is 11.3 Å². The van der Waals surface area contributed by atoms with Crippen LogP contribution in [-0.4, -0.2) is 23.3 Å². The number of benzene rings is 1. The summed E-state index contributed by atoms with van der Waals surface area (Å²) >= 11 is 1.63. The lowest BCUT2D eigenvalue weighted by Crippen LogP contribution is -2.41. The van der Waals surface area contributed by atoms with E-state index in [0.29, 0.717) is 0 Å². The Morgan fingerprint density at radius 3 is 2.00 bits per heavy atom. The Hall–Kier alpha value is -1.17. The summed E-state index contributed by atoms with van der Waals surface area (Å²) in [6.07, 6.45) is 0. The maximum absolute atomic E-state index is 6.09. The number of hydrogen-bond donors (Lipinski definition) is 0. The maximum Gasteiger partial charge on any atom is 0.515 e. The molecule has 0 aliphatic carbocycles. The summed E-state index contributed by atoms with van der Waals surface area (Å²) in [4.78, 5) is 4.75. The van der Waals surface area contributed by atoms with Crippen LogP contribution in [0, 0.1) is 0 Å². The van der Waals surface area contributed by atoms with Crippen molar-refractivity contribution < 1.29 is 9.31 Å². The molecule has 1 aromatic heterocycles. The standard InChI is InChI=1S/C19H26BNO2S/c1-17(2,3)14-10-8-13(9-11-14)16-21-15(12-24-16)20-22-18(4,5)19(6,7)23-20/h8-12H,1-7H3. The van der Waals surface area contributed by atoms with Crippen LogP contribution in [0.15, 0.2) is 29.6 Å². The number of rotatable bonds is 2. The average Bonchev–Trinajstić information content (AvgIpc) is 3.02. The van der Waals surface area contributed by atoms with E-state index in [1.54, 1.807) is 11.3 Å². The lowest BCUT2D eigenvalue weighted by atomic mass is 9.86. The summed E-state index contributed by atoms with van der Waals surface area (Å²) in [5.74, 6) is 0. The van der Waals surface area contributed by atoms with Crippen molar-refractivity contribution in [2.45, 2.75) is 65.1 Å². The molecule has 3 rings (SSSR count). The summed E-state index contributed by atoms with van der Waals surface area (Å²) < 4.78 is 12.2. The van der Waals surface area contributed by atoms with Crippen molar-refractivity contribution in [2.24, 2.45) is 0 Å². The predicted molar refractivity (Wildman–Crippen MR) is 102 cm³/mol. The first-order valence-corrected chi connectivity index (χ1v) is 9.30. The van der Waals surface area contributed by atoms with Gasteiger partial charge in [0.05, 0.1) is 16.8 Å². The number of thiazole rings is 1. The van der Waals surface area contributed by atoms with E-state index in [1.165, 1.54) is 5.56 Å². The van der Waals surface area contributed by atoms with Crippen LogP contribution in [0.1, 0.15) is 54.0 Å². The van der Waals surface area contributed by atoms with Crippen molar-refractivity contribution in [1.29, 1.82) is 0 Å². The molecule has 2 aromatic rings. The topological polar surface area (TPSA) is 31.4 Å². The van der Waals surface area contributed by atoms with Crippen LogP contribution in [0.2, 0.25) is 0 Å². The summed E-state index contributed by atoms with van der Waals surface area (Å²) in [7, 11) is -0.395. The number of aromatic nitrogens is 1. The zero-order chi connectivity index (χ0) is 17.8. The molecular formula is C19H26BNO2S. The Balaban J connectivity index is 1.82. The van der Waals surface area contributed by atoms with Gasteiger partial charge in [-0.1, -0.05) is 45.0 Å². The van der Waals surface area contributed by atoms with E-state index in [9.17, 15) is 0 Å². The molecule has 24 heavy (non-hydrogen) atoms. The van der Waals surface area contributed by atoms with E-state index >= 15 is 0 Å². The van der Waals surface area contributed by atoms with E-state index < -0.39 is 7.12 Å². The van der Waals surface area contributed by atoms with E-state index in [1.807, 2.05) is 5.38 Å². The van der Waals surface area contributed by atoms with Crippen molar-refractivity contribution in [3.63, 3.8) is 0 Å². The third-order valence-corrected chi connectivity index (χ3v) is 5.92. The first kappa shape index (κ1) is 17.7. The third-order valence-electron chi connectivity index (χ3n) is 5.01. The summed E-state index contributed by atoms with van der Waals surface area (Å²) in [5, 5.41) is 3.04. The summed E-state index contributed by atoms with van der Waals surface area (Å²) in [6, 6.07) is 8.66. The third kappa shape index (κ3) is 3.17. The second kappa shape index (κ2) is 5.68. The summed E-state index contributed by atoms with van der Waals surface area (Å²) in [6.45, 7) is 14.9. The highest BCUT2D eigenvalue weighted by molar-refractivity contribution is 7.14. The van der Waals surface area contributed by atoms with Crippen LogP contribution in [-0.2, 0) is 14.7 Å². The van der Waals surface area contributed by atoms with Gasteiger partial charge in [-0.05, 0) is 38.7 Å². The maximum atomic E-state index is 6.09. The van der Waals surface area contributed by atoms with Crippen molar-refractivity contribution in [1.82, 2.24) is 4.98 Å². The smallest absolute Gasteiger partial charge is 0.398 e. The van der Waals surface area contributed by atoms with Crippen molar-refractivity contribution >= 4 is 24.0 Å². The quantitative estimate of drug-likeness (QED) is 0.757. The monoisotopic (exact) mass is 343 g/mol. The van der Waals surface area contributed by atoms with Crippen LogP contribution in [0.25, 0.3) is 10.6 Å². The number of hydrogen-bond acceptors (Lipinski definition) is 4. The molecule has 1 fully saturated rings. The largest absolute Gasteiger partial charge is 0.515 e. The first-order valence-electron chi connectivity index (χ1n) is 8.42. The molecule has 1 aliphatic heterocycles. The van der Waals surface area contributed by atoms with E-state index in [4.69, 9.17) is 14.3 Å². The molecule has 3 nitrogen and oxygen atoms in total. The molecule has 0 radical (unpaired) electrons. The van der Waals surface area contributed by atoms with E-state index in [-0.39, 0.29) is 16.6 Å². The minimum Gasteiger partial charge on any atom is -0.398 e. The lowest BCUT2D eigenvalue weighted by molar-refractivity contribution is 0.00578. The molecule has 5 heteroatoms. The molecule has 0 spiro atoms. The van der Waals surface area contributed by atoms with Crippen LogP contribution < -0.4 is 5.59 Å². The highest BCUT2D eigenvalue weighted by atomic mass is 32.1. The van der Waals surface area contributed by atoms with Gasteiger partial charge >= 0.3 is 7.12 Å². The number of nitrogens with zero attached hydrogens (tertiary/aromatic N) is 1. The van der Waals surface area contributed by atoms with Gasteiger partial charge in [-0.15, -0.1) is 11.3 Å². The van der Waals surface area contributed by atoms with Gasteiger partial charge in [-0.25, -0.2) is 4.98 Å². The molecule has 2 heterocycles. The second-order valence-electron chi connectivity index (χ2n) is 8.49. The Labute approximate surface area is 149 Å². The molecule has 1 aliphatic rings. The molecule has 0 amide bonds. The first-order chi connectivity index (χ1) is 11.0. The normalized spacial score (nSPS) is 19.7. The highest BCUT2D eigenvalue weighted by Crippen LogP contribution is 2.37. The van der Waals surface area contributed by atoms with Gasteiger partial charge in [0, 0.05) is 10.9 Å². The minimum absolute atomic E-state index is 0.162. The van der Waals surface area contributed by atoms with E-state index in [2.05, 4.69) is 72.7 Å². The van der Waals surface area contributed by atoms with Crippen molar-refractivity contribution in [3.05, 3.63) is 35.2 Å². The van der Waals surface area contributed by atoms with Crippen LogP contribution in [0.5, 0.6) is 0 Å². The molecule has 1 aromatic carbocycles. The molecule has 0 unspecified atom stereocenters. The Bertz CT molecular complexity index is 713. The molecular weight excluding hydrogens is 317 g/mol. The molecule has 0 N–H and O–H groups in total. The van der Waals surface area contributed by atoms with Crippen LogP contribution in [0.3, 0.4) is 0 Å². The Morgan fingerprint density at radius 2 is 1.50 bits per heavy atom. The fourth-order valence-electron chi connectivity index (χ4n) is 2.60. The fraction of sp³-hybridized carbons (Fsp3) is 0.526. The van der Waals surface area contributed by atoms with Gasteiger partial charge in [-0.3, -0.25) is 0 Å². The second-order valence-corrected chi connectivity index (χ2v) is 9.35. The molecule has 128 valence electrons. The van der Waals surface area contributed by atoms with Crippen molar-refractivity contribution in [2.75, 3.05) is 0 Å². The van der Waals surface area contributed by atoms with Gasteiger partial charge in [0.1, 0.15) is 5.01 Å². The molecule has 0 bridgehead atoms. The predicted octanol–water partition coefficient (Wildman–Crippen LogP) is 4.41. The average molecular weight is 343 g/mol. The molecule has 0 atom stereocenters. The fourth-order valence-corrected chi connectivity index (χ4v) is 3.43. The Morgan fingerprint density at radius 1 is 0.958 bits per heavy atom. The molecule has 0 saturated carbocycles. The SMILES string of the molecule is CC(C)(C)c1ccc(-c2nc(B3OC(C)(C)C(C)(C)O3)cs2)cc1. The van der Waals surface area contributed by atoms with Gasteiger partial charge in [0.15, 0.2) is 0 Å². The van der Waals surface area contributed by atoms with Gasteiger partial charge in [0.25, 0.3) is 0 Å². The van der Waals surface area contributed by atoms with Gasteiger partial charge < -0.3 is 9.31 Å². The molecule has 1 saturated heterocycles. The zero-order valence-corrected chi connectivity index (χ0v) is 16.5. The van der Waals surface area contributed by atoms with Gasteiger partial charge in [-0.2, -0.15) is 0 Å². The summed E-state index contributed by atoms with van der Waals surface area (Å²) in [5.41, 5.74) is 2.80. The van der Waals surface area contributed by atoms with Crippen LogP contribution in [0.4, 0.5) is 0 Å². The lowest BCUT2D eigenvalue weighted by Gasteiger charge is -2.32.